The molecule has 1 aromatic heterocycles. The van der Waals surface area contributed by atoms with E-state index in [-0.39, 0.29) is 11.5 Å². The Morgan fingerprint density at radius 2 is 2.40 bits per heavy atom. The molecule has 15 heavy (non-hydrogen) atoms. The van der Waals surface area contributed by atoms with Gasteiger partial charge in [0.15, 0.2) is 5.82 Å². The first-order valence-electron chi connectivity index (χ1n) is 4.60. The number of carbonyl (C=O) groups is 1. The third-order valence-electron chi connectivity index (χ3n) is 2.00. The molecule has 0 radical (unpaired) electrons. The number of carbonyl (C=O) groups excluding carboxylic acids is 1. The molecule has 0 unspecified atom stereocenters. The monoisotopic (exact) mass is 210 g/mol. The summed E-state index contributed by atoms with van der Waals surface area (Å²) in [5.74, 6) is 0.260. The molecule has 82 valence electrons. The van der Waals surface area contributed by atoms with E-state index in [2.05, 4.69) is 15.3 Å². The second kappa shape index (κ2) is 5.14. The molecule has 0 aliphatic rings. The Balaban J connectivity index is 2.62. The average Bonchev–Trinajstić information content (AvgIpc) is 2.26. The number of nitrogens with one attached hydrogen (secondary N) is 2. The molecular formula is C9H14N4O2. The van der Waals surface area contributed by atoms with Gasteiger partial charge in [0.05, 0.1) is 0 Å². The van der Waals surface area contributed by atoms with Gasteiger partial charge in [0.25, 0.3) is 5.56 Å². The molecule has 1 rings (SSSR count). The summed E-state index contributed by atoms with van der Waals surface area (Å²) in [6.07, 6.45) is 3.31. The van der Waals surface area contributed by atoms with Crippen molar-refractivity contribution < 1.29 is 4.79 Å². The van der Waals surface area contributed by atoms with Gasteiger partial charge in [-0.25, -0.2) is 4.98 Å². The lowest BCUT2D eigenvalue weighted by Gasteiger charge is -2.15. The quantitative estimate of drug-likeness (QED) is 0.691. The van der Waals surface area contributed by atoms with E-state index in [4.69, 9.17) is 0 Å². The molecule has 0 saturated heterocycles. The molecular weight excluding hydrogens is 196 g/mol. The minimum Gasteiger partial charge on any atom is -0.359 e. The molecule has 0 bridgehead atoms. The summed E-state index contributed by atoms with van der Waals surface area (Å²) in [6, 6.07) is 0. The molecule has 2 N–H and O–H groups in total. The van der Waals surface area contributed by atoms with Gasteiger partial charge in [0, 0.05) is 39.5 Å². The fraction of sp³-hybridized carbons (Fsp3) is 0.444. The Bertz CT molecular complexity index is 388. The normalized spacial score (nSPS) is 9.73. The lowest BCUT2D eigenvalue weighted by molar-refractivity contribution is -0.120. The van der Waals surface area contributed by atoms with Gasteiger partial charge in [-0.05, 0) is 0 Å². The molecule has 0 aromatic carbocycles. The van der Waals surface area contributed by atoms with Gasteiger partial charge in [0.1, 0.15) is 0 Å². The van der Waals surface area contributed by atoms with E-state index in [9.17, 15) is 9.59 Å². The molecule has 0 aliphatic carbocycles. The largest absolute Gasteiger partial charge is 0.359 e. The number of hydrogen-bond acceptors (Lipinski definition) is 4. The van der Waals surface area contributed by atoms with Crippen LogP contribution < -0.4 is 15.8 Å². The number of amides is 1. The van der Waals surface area contributed by atoms with Gasteiger partial charge in [0.2, 0.25) is 5.91 Å². The van der Waals surface area contributed by atoms with Crippen molar-refractivity contribution in [3.05, 3.63) is 22.7 Å². The third-order valence-corrected chi connectivity index (χ3v) is 2.00. The van der Waals surface area contributed by atoms with E-state index in [1.54, 1.807) is 19.0 Å². The number of hydrogen-bond donors (Lipinski definition) is 2. The molecule has 0 fully saturated rings. The molecule has 0 saturated carbocycles. The van der Waals surface area contributed by atoms with Crippen LogP contribution in [0.25, 0.3) is 0 Å². The average molecular weight is 210 g/mol. The Morgan fingerprint density at radius 1 is 1.67 bits per heavy atom. The van der Waals surface area contributed by atoms with Crippen LogP contribution in [0, 0.1) is 0 Å². The molecule has 6 nitrogen and oxygen atoms in total. The fourth-order valence-corrected chi connectivity index (χ4v) is 1.12. The van der Waals surface area contributed by atoms with Crippen LogP contribution in [0.1, 0.15) is 6.42 Å². The SMILES string of the molecule is CNC(=O)CCN(C)c1ncc[nH]c1=O. The first kappa shape index (κ1) is 11.2. The zero-order valence-electron chi connectivity index (χ0n) is 8.78. The van der Waals surface area contributed by atoms with Gasteiger partial charge in [-0.1, -0.05) is 0 Å². The first-order valence-corrected chi connectivity index (χ1v) is 4.60. The predicted octanol–water partition coefficient (Wildman–Crippen LogP) is -0.658. The molecule has 6 heteroatoms. The molecule has 0 atom stereocenters. The smallest absolute Gasteiger partial charge is 0.290 e. The standard InChI is InChI=1S/C9H14N4O2/c1-10-7(14)3-6-13(2)8-9(15)12-5-4-11-8/h4-5H,3,6H2,1-2H3,(H,10,14)(H,12,15). The van der Waals surface area contributed by atoms with Crippen molar-refractivity contribution in [2.75, 3.05) is 25.5 Å². The number of H-pyrrole nitrogens is 1. The topological polar surface area (TPSA) is 78.1 Å². The predicted molar refractivity (Wildman–Crippen MR) is 56.8 cm³/mol. The molecule has 1 heterocycles. The van der Waals surface area contributed by atoms with Crippen LogP contribution in [0.15, 0.2) is 17.2 Å². The van der Waals surface area contributed by atoms with Crippen molar-refractivity contribution in [3.63, 3.8) is 0 Å². The van der Waals surface area contributed by atoms with Crippen molar-refractivity contribution in [2.24, 2.45) is 0 Å². The maximum atomic E-state index is 11.3. The molecule has 0 spiro atoms. The fourth-order valence-electron chi connectivity index (χ4n) is 1.12. The van der Waals surface area contributed by atoms with Crippen molar-refractivity contribution in [2.45, 2.75) is 6.42 Å². The van der Waals surface area contributed by atoms with E-state index in [1.165, 1.54) is 12.4 Å². The number of aromatic amines is 1. The van der Waals surface area contributed by atoms with Crippen molar-refractivity contribution in [3.8, 4) is 0 Å². The number of nitrogens with zero attached hydrogens (tertiary/aromatic N) is 2. The summed E-state index contributed by atoms with van der Waals surface area (Å²) in [4.78, 5) is 30.4. The van der Waals surface area contributed by atoms with Crippen LogP contribution in [0.2, 0.25) is 0 Å². The highest BCUT2D eigenvalue weighted by atomic mass is 16.1. The number of rotatable bonds is 4. The minimum absolute atomic E-state index is 0.0609. The van der Waals surface area contributed by atoms with Crippen LogP contribution in [-0.4, -0.2) is 36.5 Å². The highest BCUT2D eigenvalue weighted by Crippen LogP contribution is 1.99. The Hall–Kier alpha value is -1.85. The van der Waals surface area contributed by atoms with Gasteiger partial charge in [-0.3, -0.25) is 9.59 Å². The Labute approximate surface area is 87.3 Å². The van der Waals surface area contributed by atoms with Gasteiger partial charge >= 0.3 is 0 Å². The zero-order valence-corrected chi connectivity index (χ0v) is 8.78. The summed E-state index contributed by atoms with van der Waals surface area (Å²) in [7, 11) is 3.30. The first-order chi connectivity index (χ1) is 7.15. The highest BCUT2D eigenvalue weighted by Gasteiger charge is 2.07. The van der Waals surface area contributed by atoms with Crippen LogP contribution in [0.5, 0.6) is 0 Å². The second-order valence-corrected chi connectivity index (χ2v) is 3.09. The van der Waals surface area contributed by atoms with E-state index < -0.39 is 0 Å². The summed E-state index contributed by atoms with van der Waals surface area (Å²) in [5, 5.41) is 2.51. The van der Waals surface area contributed by atoms with Crippen LogP contribution >= 0.6 is 0 Å². The van der Waals surface area contributed by atoms with Gasteiger partial charge in [-0.15, -0.1) is 0 Å². The van der Waals surface area contributed by atoms with E-state index in [0.29, 0.717) is 18.8 Å². The minimum atomic E-state index is -0.253. The highest BCUT2D eigenvalue weighted by molar-refractivity contribution is 5.76. The number of aromatic nitrogens is 2. The maximum absolute atomic E-state index is 11.3. The summed E-state index contributed by atoms with van der Waals surface area (Å²) in [5.41, 5.74) is -0.253. The molecule has 1 amide bonds. The van der Waals surface area contributed by atoms with E-state index in [0.717, 1.165) is 0 Å². The lowest BCUT2D eigenvalue weighted by Crippen LogP contribution is -2.30. The Morgan fingerprint density at radius 3 is 3.00 bits per heavy atom. The van der Waals surface area contributed by atoms with Gasteiger partial charge in [-0.2, -0.15) is 0 Å². The van der Waals surface area contributed by atoms with E-state index in [1.807, 2.05) is 0 Å². The van der Waals surface area contributed by atoms with Crippen molar-refractivity contribution in [1.82, 2.24) is 15.3 Å². The third kappa shape index (κ3) is 3.08. The molecule has 1 aromatic rings. The summed E-state index contributed by atoms with van der Waals surface area (Å²) in [6.45, 7) is 0.458. The number of anilines is 1. The Kier molecular flexibility index (Phi) is 3.84. The van der Waals surface area contributed by atoms with Crippen LogP contribution in [-0.2, 0) is 4.79 Å². The second-order valence-electron chi connectivity index (χ2n) is 3.09. The van der Waals surface area contributed by atoms with Gasteiger partial charge < -0.3 is 15.2 Å². The van der Waals surface area contributed by atoms with Crippen LogP contribution in [0.4, 0.5) is 5.82 Å². The summed E-state index contributed by atoms with van der Waals surface area (Å²) >= 11 is 0. The maximum Gasteiger partial charge on any atom is 0.290 e. The van der Waals surface area contributed by atoms with Crippen molar-refractivity contribution in [1.29, 1.82) is 0 Å². The lowest BCUT2D eigenvalue weighted by atomic mass is 10.3. The molecule has 0 aliphatic heterocycles. The summed E-state index contributed by atoms with van der Waals surface area (Å²) < 4.78 is 0. The zero-order chi connectivity index (χ0) is 11.3. The van der Waals surface area contributed by atoms with Crippen LogP contribution in [0.3, 0.4) is 0 Å². The van der Waals surface area contributed by atoms with Crippen molar-refractivity contribution >= 4 is 11.7 Å². The van der Waals surface area contributed by atoms with E-state index >= 15 is 0 Å².